The van der Waals surface area contributed by atoms with Crippen LogP contribution in [0.15, 0.2) is 12.4 Å². The van der Waals surface area contributed by atoms with Crippen molar-refractivity contribution in [3.8, 4) is 6.01 Å². The highest BCUT2D eigenvalue weighted by Gasteiger charge is 2.35. The van der Waals surface area contributed by atoms with Gasteiger partial charge in [0.2, 0.25) is 5.91 Å². The molecule has 1 aromatic heterocycles. The highest BCUT2D eigenvalue weighted by molar-refractivity contribution is 5.98. The fourth-order valence-electron chi connectivity index (χ4n) is 1.68. The van der Waals surface area contributed by atoms with Crippen LogP contribution in [0.1, 0.15) is 6.42 Å². The van der Waals surface area contributed by atoms with Crippen molar-refractivity contribution in [1.82, 2.24) is 9.97 Å². The van der Waals surface area contributed by atoms with Gasteiger partial charge >= 0.3 is 12.0 Å². The van der Waals surface area contributed by atoms with Gasteiger partial charge in [0, 0.05) is 13.0 Å². The van der Waals surface area contributed by atoms with Gasteiger partial charge in [-0.25, -0.2) is 9.97 Å². The van der Waals surface area contributed by atoms with Crippen LogP contribution in [0.4, 0.5) is 5.69 Å². The van der Waals surface area contributed by atoms with E-state index in [1.807, 2.05) is 0 Å². The van der Waals surface area contributed by atoms with Gasteiger partial charge in [-0.3, -0.25) is 9.59 Å². The number of aliphatic carboxylic acids is 1. The molecule has 2 heterocycles. The predicted molar refractivity (Wildman–Crippen MR) is 56.7 cm³/mol. The first kappa shape index (κ1) is 11.3. The Morgan fingerprint density at radius 2 is 2.18 bits per heavy atom. The van der Waals surface area contributed by atoms with E-state index in [2.05, 4.69) is 9.97 Å². The molecular weight excluding hydrogens is 226 g/mol. The summed E-state index contributed by atoms with van der Waals surface area (Å²) in [5, 5.41) is 8.85. The number of hydrogen-bond acceptors (Lipinski definition) is 5. The second-order valence-corrected chi connectivity index (χ2v) is 3.67. The first-order chi connectivity index (χ1) is 8.11. The normalized spacial score (nSPS) is 19.5. The maximum Gasteiger partial charge on any atom is 0.316 e. The minimum Gasteiger partial charge on any atom is -0.481 e. The molecule has 1 aliphatic heterocycles. The lowest BCUT2D eigenvalue weighted by Crippen LogP contribution is -2.26. The molecule has 1 atom stereocenters. The number of hydrogen-bond donors (Lipinski definition) is 1. The number of rotatable bonds is 3. The second kappa shape index (κ2) is 4.36. The van der Waals surface area contributed by atoms with Gasteiger partial charge in [-0.1, -0.05) is 0 Å². The fraction of sp³-hybridized carbons (Fsp3) is 0.400. The van der Waals surface area contributed by atoms with Gasteiger partial charge in [-0.2, -0.15) is 0 Å². The van der Waals surface area contributed by atoms with Gasteiger partial charge in [0.25, 0.3) is 0 Å². The van der Waals surface area contributed by atoms with Gasteiger partial charge in [-0.05, 0) is 0 Å². The Hall–Kier alpha value is -2.18. The van der Waals surface area contributed by atoms with Crippen LogP contribution in [0.5, 0.6) is 6.01 Å². The third kappa shape index (κ3) is 2.17. The number of carboxylic acid groups (broad SMARTS) is 1. The zero-order valence-electron chi connectivity index (χ0n) is 9.16. The minimum atomic E-state index is -0.963. The summed E-state index contributed by atoms with van der Waals surface area (Å²) in [5.74, 6) is -1.86. The van der Waals surface area contributed by atoms with E-state index in [1.54, 1.807) is 0 Å². The number of carbonyl (C=O) groups is 2. The van der Waals surface area contributed by atoms with Gasteiger partial charge in [0.1, 0.15) is 0 Å². The molecule has 1 saturated heterocycles. The molecule has 1 unspecified atom stereocenters. The first-order valence-corrected chi connectivity index (χ1v) is 5.01. The Balaban J connectivity index is 2.17. The Bertz CT molecular complexity index is 445. The zero-order chi connectivity index (χ0) is 12.4. The lowest BCUT2D eigenvalue weighted by atomic mass is 10.1. The SMILES string of the molecule is COc1ncc(N2CC(C(=O)O)CC2=O)cn1. The molecule has 1 aromatic rings. The number of amides is 1. The van der Waals surface area contributed by atoms with E-state index < -0.39 is 11.9 Å². The van der Waals surface area contributed by atoms with Crippen LogP contribution in [-0.4, -0.2) is 40.6 Å². The molecule has 1 fully saturated rings. The van der Waals surface area contributed by atoms with Crippen LogP contribution in [0.25, 0.3) is 0 Å². The van der Waals surface area contributed by atoms with Crippen molar-refractivity contribution < 1.29 is 19.4 Å². The van der Waals surface area contributed by atoms with E-state index in [0.29, 0.717) is 5.69 Å². The van der Waals surface area contributed by atoms with Crippen molar-refractivity contribution >= 4 is 17.6 Å². The highest BCUT2D eigenvalue weighted by atomic mass is 16.5. The molecule has 90 valence electrons. The summed E-state index contributed by atoms with van der Waals surface area (Å²) in [6.07, 6.45) is 2.89. The average Bonchev–Trinajstić information content (AvgIpc) is 2.72. The number of nitrogens with zero attached hydrogens (tertiary/aromatic N) is 3. The molecule has 7 heteroatoms. The Morgan fingerprint density at radius 3 is 2.65 bits per heavy atom. The van der Waals surface area contributed by atoms with Crippen molar-refractivity contribution in [2.24, 2.45) is 5.92 Å². The monoisotopic (exact) mass is 237 g/mol. The molecule has 1 N–H and O–H groups in total. The van der Waals surface area contributed by atoms with Gasteiger partial charge in [0.05, 0.1) is 31.1 Å². The fourth-order valence-corrected chi connectivity index (χ4v) is 1.68. The number of carboxylic acids is 1. The summed E-state index contributed by atoms with van der Waals surface area (Å²) in [5.41, 5.74) is 0.486. The summed E-state index contributed by atoms with van der Waals surface area (Å²) < 4.78 is 4.80. The molecule has 1 aliphatic rings. The molecule has 1 amide bonds. The van der Waals surface area contributed by atoms with Crippen LogP contribution >= 0.6 is 0 Å². The molecule has 0 radical (unpaired) electrons. The van der Waals surface area contributed by atoms with E-state index in [1.165, 1.54) is 24.4 Å². The largest absolute Gasteiger partial charge is 0.481 e. The number of carbonyl (C=O) groups excluding carboxylic acids is 1. The lowest BCUT2D eigenvalue weighted by molar-refractivity contribution is -0.141. The smallest absolute Gasteiger partial charge is 0.316 e. The van der Waals surface area contributed by atoms with E-state index in [9.17, 15) is 9.59 Å². The van der Waals surface area contributed by atoms with Crippen LogP contribution < -0.4 is 9.64 Å². The molecule has 2 rings (SSSR count). The van der Waals surface area contributed by atoms with E-state index in [-0.39, 0.29) is 24.9 Å². The molecule has 0 saturated carbocycles. The summed E-state index contributed by atoms with van der Waals surface area (Å²) in [6.45, 7) is 0.157. The zero-order valence-corrected chi connectivity index (χ0v) is 9.16. The summed E-state index contributed by atoms with van der Waals surface area (Å²) in [7, 11) is 1.44. The summed E-state index contributed by atoms with van der Waals surface area (Å²) >= 11 is 0. The van der Waals surface area contributed by atoms with Gasteiger partial charge < -0.3 is 14.7 Å². The maximum absolute atomic E-state index is 11.6. The quantitative estimate of drug-likeness (QED) is 0.790. The summed E-state index contributed by atoms with van der Waals surface area (Å²) in [4.78, 5) is 31.5. The van der Waals surface area contributed by atoms with Crippen molar-refractivity contribution in [3.63, 3.8) is 0 Å². The van der Waals surface area contributed by atoms with Crippen LogP contribution in [-0.2, 0) is 9.59 Å². The average molecular weight is 237 g/mol. The molecule has 0 spiro atoms. The Labute approximate surface area is 97.0 Å². The number of anilines is 1. The molecule has 7 nitrogen and oxygen atoms in total. The van der Waals surface area contributed by atoms with Crippen LogP contribution in [0.2, 0.25) is 0 Å². The second-order valence-electron chi connectivity index (χ2n) is 3.67. The molecule has 0 aromatic carbocycles. The van der Waals surface area contributed by atoms with E-state index in [4.69, 9.17) is 9.84 Å². The molecule has 0 aliphatic carbocycles. The van der Waals surface area contributed by atoms with Crippen molar-refractivity contribution in [3.05, 3.63) is 12.4 Å². The van der Waals surface area contributed by atoms with E-state index in [0.717, 1.165) is 0 Å². The minimum absolute atomic E-state index is 0.0152. The van der Waals surface area contributed by atoms with Crippen molar-refractivity contribution in [2.75, 3.05) is 18.6 Å². The van der Waals surface area contributed by atoms with Gasteiger partial charge in [-0.15, -0.1) is 0 Å². The van der Waals surface area contributed by atoms with Crippen LogP contribution in [0.3, 0.4) is 0 Å². The third-order valence-electron chi connectivity index (χ3n) is 2.58. The molecule has 0 bridgehead atoms. The Morgan fingerprint density at radius 1 is 1.53 bits per heavy atom. The predicted octanol–water partition coefficient (Wildman–Crippen LogP) is -0.0773. The highest BCUT2D eigenvalue weighted by Crippen LogP contribution is 2.24. The standard InChI is InChI=1S/C10H11N3O4/c1-17-10-11-3-7(4-12-10)13-5-6(9(15)16)2-8(13)14/h3-4,6H,2,5H2,1H3,(H,15,16). The number of aromatic nitrogens is 2. The number of methoxy groups -OCH3 is 1. The van der Waals surface area contributed by atoms with Gasteiger partial charge in [0.15, 0.2) is 0 Å². The summed E-state index contributed by atoms with van der Waals surface area (Å²) in [6, 6.07) is 0.204. The number of ether oxygens (including phenoxy) is 1. The van der Waals surface area contributed by atoms with Crippen LogP contribution in [0, 0.1) is 5.92 Å². The molecular formula is C10H11N3O4. The third-order valence-corrected chi connectivity index (χ3v) is 2.58. The Kier molecular flexibility index (Phi) is 2.90. The van der Waals surface area contributed by atoms with Crippen molar-refractivity contribution in [1.29, 1.82) is 0 Å². The first-order valence-electron chi connectivity index (χ1n) is 5.01. The maximum atomic E-state index is 11.6. The lowest BCUT2D eigenvalue weighted by Gasteiger charge is -2.14. The van der Waals surface area contributed by atoms with Crippen molar-refractivity contribution in [2.45, 2.75) is 6.42 Å². The molecule has 17 heavy (non-hydrogen) atoms. The topological polar surface area (TPSA) is 92.6 Å². The van der Waals surface area contributed by atoms with E-state index >= 15 is 0 Å².